The summed E-state index contributed by atoms with van der Waals surface area (Å²) in [7, 11) is 0. The molecule has 19 heavy (non-hydrogen) atoms. The first kappa shape index (κ1) is 14.0. The van der Waals surface area contributed by atoms with Gasteiger partial charge in [0, 0.05) is 5.56 Å². The van der Waals surface area contributed by atoms with Crippen molar-refractivity contribution in [2.45, 2.75) is 33.7 Å². The van der Waals surface area contributed by atoms with Gasteiger partial charge in [0.2, 0.25) is 0 Å². The summed E-state index contributed by atoms with van der Waals surface area (Å²) in [6, 6.07) is -0.363. The molecule has 0 aliphatic rings. The number of hydrogen-bond donors (Lipinski definition) is 1. The molecule has 7 heteroatoms. The number of hydrogen-bond acceptors (Lipinski definition) is 4. The Morgan fingerprint density at radius 3 is 2.47 bits per heavy atom. The molecule has 0 aliphatic carbocycles. The van der Waals surface area contributed by atoms with Crippen molar-refractivity contribution < 1.29 is 0 Å². The Balaban J connectivity index is 2.66. The van der Waals surface area contributed by atoms with Gasteiger partial charge in [-0.25, -0.2) is 9.78 Å². The Morgan fingerprint density at radius 1 is 1.32 bits per heavy atom. The molecule has 1 atom stereocenters. The molecular formula is C12H14ClN3O2S. The van der Waals surface area contributed by atoms with Crippen LogP contribution in [0.2, 0.25) is 5.15 Å². The van der Waals surface area contributed by atoms with Crippen molar-refractivity contribution >= 4 is 22.9 Å². The summed E-state index contributed by atoms with van der Waals surface area (Å²) in [6.45, 7) is 7.17. The van der Waals surface area contributed by atoms with Crippen molar-refractivity contribution in [3.63, 3.8) is 0 Å². The minimum Gasteiger partial charge on any atom is -0.297 e. The Hall–Kier alpha value is -1.40. The van der Waals surface area contributed by atoms with Gasteiger partial charge in [0.15, 0.2) is 0 Å². The number of halogens is 1. The molecule has 0 aromatic carbocycles. The van der Waals surface area contributed by atoms with Crippen LogP contribution < -0.4 is 11.2 Å². The van der Waals surface area contributed by atoms with E-state index in [-0.39, 0.29) is 16.8 Å². The number of aromatic amines is 1. The molecule has 0 aliphatic heterocycles. The summed E-state index contributed by atoms with van der Waals surface area (Å²) < 4.78 is 1.18. The molecule has 0 amide bonds. The SMILES string of the molecule is Cc1nc(C)c(C(C)n2c(=O)[nH]c(Cl)c(C)c2=O)s1. The van der Waals surface area contributed by atoms with Gasteiger partial charge in [0.1, 0.15) is 5.15 Å². The van der Waals surface area contributed by atoms with Crippen LogP contribution in [0, 0.1) is 20.8 Å². The Morgan fingerprint density at radius 2 is 1.95 bits per heavy atom. The van der Waals surface area contributed by atoms with E-state index in [2.05, 4.69) is 9.97 Å². The highest BCUT2D eigenvalue weighted by Gasteiger charge is 2.20. The van der Waals surface area contributed by atoms with Gasteiger partial charge in [0.25, 0.3) is 5.56 Å². The van der Waals surface area contributed by atoms with E-state index in [4.69, 9.17) is 11.6 Å². The summed E-state index contributed by atoms with van der Waals surface area (Å²) >= 11 is 7.29. The van der Waals surface area contributed by atoms with Gasteiger partial charge < -0.3 is 0 Å². The fourth-order valence-corrected chi connectivity index (χ4v) is 3.15. The summed E-state index contributed by atoms with van der Waals surface area (Å²) in [6.07, 6.45) is 0. The van der Waals surface area contributed by atoms with Crippen molar-refractivity contribution in [3.8, 4) is 0 Å². The molecule has 1 N–H and O–H groups in total. The number of H-pyrrole nitrogens is 1. The second kappa shape index (κ2) is 4.94. The fourth-order valence-electron chi connectivity index (χ4n) is 2.02. The number of aryl methyl sites for hydroxylation is 2. The lowest BCUT2D eigenvalue weighted by atomic mass is 10.2. The predicted octanol–water partition coefficient (Wildman–Crippen LogP) is 2.18. The van der Waals surface area contributed by atoms with Crippen LogP contribution in [0.4, 0.5) is 0 Å². The van der Waals surface area contributed by atoms with Gasteiger partial charge in [-0.15, -0.1) is 11.3 Å². The molecule has 0 saturated heterocycles. The number of nitrogens with one attached hydrogen (secondary N) is 1. The third kappa shape index (κ3) is 2.37. The minimum atomic E-state index is -0.501. The minimum absolute atomic E-state index is 0.0932. The van der Waals surface area contributed by atoms with Crippen LogP contribution in [0.15, 0.2) is 9.59 Å². The van der Waals surface area contributed by atoms with E-state index in [1.807, 2.05) is 20.8 Å². The number of thiazole rings is 1. The lowest BCUT2D eigenvalue weighted by molar-refractivity contribution is 0.579. The first-order valence-electron chi connectivity index (χ1n) is 5.77. The summed E-state index contributed by atoms with van der Waals surface area (Å²) in [5.74, 6) is 0. The molecule has 2 heterocycles. The second-order valence-electron chi connectivity index (χ2n) is 4.40. The predicted molar refractivity (Wildman–Crippen MR) is 76.5 cm³/mol. The van der Waals surface area contributed by atoms with E-state index in [1.54, 1.807) is 6.92 Å². The highest BCUT2D eigenvalue weighted by molar-refractivity contribution is 7.11. The Bertz CT molecular complexity index is 744. The van der Waals surface area contributed by atoms with Gasteiger partial charge in [-0.05, 0) is 27.7 Å². The van der Waals surface area contributed by atoms with Gasteiger partial charge in [-0.3, -0.25) is 14.3 Å². The molecule has 2 aromatic heterocycles. The second-order valence-corrected chi connectivity index (χ2v) is 6.02. The molecule has 5 nitrogen and oxygen atoms in total. The molecule has 2 aromatic rings. The van der Waals surface area contributed by atoms with Crippen molar-refractivity contribution in [3.05, 3.63) is 47.1 Å². The first-order valence-corrected chi connectivity index (χ1v) is 6.97. The molecule has 0 saturated carbocycles. The summed E-state index contributed by atoms with van der Waals surface area (Å²) in [5, 5.41) is 1.00. The zero-order valence-corrected chi connectivity index (χ0v) is 12.6. The van der Waals surface area contributed by atoms with E-state index in [1.165, 1.54) is 15.9 Å². The fraction of sp³-hybridized carbons (Fsp3) is 0.417. The van der Waals surface area contributed by atoms with Gasteiger partial charge in [-0.1, -0.05) is 11.6 Å². The Labute approximate surface area is 118 Å². The number of aromatic nitrogens is 3. The van der Waals surface area contributed by atoms with Crippen LogP contribution in [0.3, 0.4) is 0 Å². The molecule has 2 rings (SSSR count). The maximum atomic E-state index is 12.2. The standard InChI is InChI=1S/C12H14ClN3O2S/c1-5-10(13)15-12(18)16(11(5)17)7(3)9-6(2)14-8(4)19-9/h7H,1-4H3,(H,15,18). The zero-order valence-electron chi connectivity index (χ0n) is 11.1. The van der Waals surface area contributed by atoms with Crippen molar-refractivity contribution in [1.29, 1.82) is 0 Å². The molecule has 0 fully saturated rings. The molecule has 0 bridgehead atoms. The normalized spacial score (nSPS) is 12.7. The molecule has 1 unspecified atom stereocenters. The third-order valence-electron chi connectivity index (χ3n) is 3.01. The van der Waals surface area contributed by atoms with E-state index in [0.717, 1.165) is 15.6 Å². The molecule has 0 radical (unpaired) electrons. The van der Waals surface area contributed by atoms with Crippen molar-refractivity contribution in [2.24, 2.45) is 0 Å². The van der Waals surface area contributed by atoms with Crippen LogP contribution in [0.5, 0.6) is 0 Å². The molecular weight excluding hydrogens is 286 g/mol. The van der Waals surface area contributed by atoms with Gasteiger partial charge in [0.05, 0.1) is 21.6 Å². The van der Waals surface area contributed by atoms with Crippen molar-refractivity contribution in [2.75, 3.05) is 0 Å². The molecule has 102 valence electrons. The largest absolute Gasteiger partial charge is 0.330 e. The lowest BCUT2D eigenvalue weighted by Gasteiger charge is -2.14. The van der Waals surface area contributed by atoms with Gasteiger partial charge >= 0.3 is 5.69 Å². The topological polar surface area (TPSA) is 67.8 Å². The summed E-state index contributed by atoms with van der Waals surface area (Å²) in [4.78, 5) is 31.9. The molecule has 0 spiro atoms. The quantitative estimate of drug-likeness (QED) is 0.864. The Kier molecular flexibility index (Phi) is 3.64. The van der Waals surface area contributed by atoms with Crippen LogP contribution in [0.1, 0.15) is 34.1 Å². The van der Waals surface area contributed by atoms with Crippen LogP contribution in [0.25, 0.3) is 0 Å². The highest BCUT2D eigenvalue weighted by atomic mass is 35.5. The maximum absolute atomic E-state index is 12.2. The van der Waals surface area contributed by atoms with E-state index >= 15 is 0 Å². The third-order valence-corrected chi connectivity index (χ3v) is 4.63. The zero-order chi connectivity index (χ0) is 14.3. The maximum Gasteiger partial charge on any atom is 0.330 e. The van der Waals surface area contributed by atoms with Crippen LogP contribution in [-0.4, -0.2) is 14.5 Å². The number of nitrogens with zero attached hydrogens (tertiary/aromatic N) is 2. The van der Waals surface area contributed by atoms with Crippen LogP contribution >= 0.6 is 22.9 Å². The van der Waals surface area contributed by atoms with E-state index in [9.17, 15) is 9.59 Å². The summed E-state index contributed by atoms with van der Waals surface area (Å²) in [5.41, 5.74) is 0.311. The van der Waals surface area contributed by atoms with Crippen LogP contribution in [-0.2, 0) is 0 Å². The lowest BCUT2D eigenvalue weighted by Crippen LogP contribution is -2.38. The van der Waals surface area contributed by atoms with E-state index < -0.39 is 5.69 Å². The van der Waals surface area contributed by atoms with Gasteiger partial charge in [-0.2, -0.15) is 0 Å². The average Bonchev–Trinajstić information content (AvgIpc) is 2.65. The first-order chi connectivity index (χ1) is 8.82. The number of rotatable bonds is 2. The smallest absolute Gasteiger partial charge is 0.297 e. The monoisotopic (exact) mass is 299 g/mol. The van der Waals surface area contributed by atoms with Crippen molar-refractivity contribution in [1.82, 2.24) is 14.5 Å². The average molecular weight is 300 g/mol. The highest BCUT2D eigenvalue weighted by Crippen LogP contribution is 2.25. The van der Waals surface area contributed by atoms with E-state index in [0.29, 0.717) is 5.56 Å².